The van der Waals surface area contributed by atoms with Crippen LogP contribution in [0.5, 0.6) is 0 Å². The Bertz CT molecular complexity index is 744. The number of aryl methyl sites for hydroxylation is 1. The number of rotatable bonds is 5. The highest BCUT2D eigenvalue weighted by atomic mass is 35.5. The Labute approximate surface area is 135 Å². The van der Waals surface area contributed by atoms with E-state index >= 15 is 0 Å². The third-order valence-corrected chi connectivity index (χ3v) is 3.73. The van der Waals surface area contributed by atoms with E-state index in [-0.39, 0.29) is 11.1 Å². The average Bonchev–Trinajstić information content (AvgIpc) is 2.52. The third kappa shape index (κ3) is 3.32. The van der Waals surface area contributed by atoms with Crippen LogP contribution >= 0.6 is 11.6 Å². The molecule has 0 unspecified atom stereocenters. The van der Waals surface area contributed by atoms with Crippen LogP contribution in [0.25, 0.3) is 11.1 Å². The SMILES string of the molecule is CCN(CCCl)c1ccc(-c2cc(C)[nH]c(=O)c2C#N)cc1. The highest BCUT2D eigenvalue weighted by molar-refractivity contribution is 6.18. The summed E-state index contributed by atoms with van der Waals surface area (Å²) < 4.78 is 0. The van der Waals surface area contributed by atoms with Crippen LogP contribution < -0.4 is 10.5 Å². The fourth-order valence-electron chi connectivity index (χ4n) is 2.45. The number of nitrogens with one attached hydrogen (secondary N) is 1. The third-order valence-electron chi connectivity index (χ3n) is 3.56. The Kier molecular flexibility index (Phi) is 5.24. The van der Waals surface area contributed by atoms with Gasteiger partial charge in [0.15, 0.2) is 0 Å². The number of nitriles is 1. The van der Waals surface area contributed by atoms with Crippen LogP contribution in [0.4, 0.5) is 5.69 Å². The molecule has 0 saturated heterocycles. The topological polar surface area (TPSA) is 59.9 Å². The lowest BCUT2D eigenvalue weighted by Crippen LogP contribution is -2.24. The molecule has 0 aliphatic rings. The lowest BCUT2D eigenvalue weighted by atomic mass is 10.0. The van der Waals surface area contributed by atoms with Crippen LogP contribution in [0.3, 0.4) is 0 Å². The minimum atomic E-state index is -0.348. The van der Waals surface area contributed by atoms with Gasteiger partial charge in [0, 0.05) is 35.9 Å². The van der Waals surface area contributed by atoms with Crippen LogP contribution in [-0.2, 0) is 0 Å². The Morgan fingerprint density at radius 3 is 2.55 bits per heavy atom. The van der Waals surface area contributed by atoms with E-state index in [1.54, 1.807) is 6.92 Å². The van der Waals surface area contributed by atoms with Gasteiger partial charge in [-0.25, -0.2) is 0 Å². The molecule has 2 rings (SSSR count). The molecule has 1 aromatic carbocycles. The highest BCUT2D eigenvalue weighted by Gasteiger charge is 2.11. The molecule has 1 N–H and O–H groups in total. The van der Waals surface area contributed by atoms with Crippen LogP contribution in [0.2, 0.25) is 0 Å². The molecule has 2 aromatic rings. The summed E-state index contributed by atoms with van der Waals surface area (Å²) in [6.45, 7) is 5.54. The normalized spacial score (nSPS) is 10.3. The van der Waals surface area contributed by atoms with Gasteiger partial charge in [0.2, 0.25) is 0 Å². The minimum Gasteiger partial charge on any atom is -0.371 e. The van der Waals surface area contributed by atoms with Crippen LogP contribution in [0.1, 0.15) is 18.2 Å². The maximum absolute atomic E-state index is 11.9. The number of alkyl halides is 1. The van der Waals surface area contributed by atoms with E-state index in [4.69, 9.17) is 11.6 Å². The van der Waals surface area contributed by atoms with Crippen molar-refractivity contribution < 1.29 is 0 Å². The number of anilines is 1. The summed E-state index contributed by atoms with van der Waals surface area (Å²) in [5.41, 5.74) is 3.13. The number of nitrogens with zero attached hydrogens (tertiary/aromatic N) is 2. The van der Waals surface area contributed by atoms with Crippen molar-refractivity contribution in [1.82, 2.24) is 4.98 Å². The second kappa shape index (κ2) is 7.15. The fourth-order valence-corrected chi connectivity index (χ4v) is 2.65. The number of benzene rings is 1. The molecule has 5 heteroatoms. The van der Waals surface area contributed by atoms with Gasteiger partial charge < -0.3 is 9.88 Å². The van der Waals surface area contributed by atoms with E-state index < -0.39 is 0 Å². The van der Waals surface area contributed by atoms with Crippen molar-refractivity contribution in [2.75, 3.05) is 23.9 Å². The van der Waals surface area contributed by atoms with Gasteiger partial charge in [-0.3, -0.25) is 4.79 Å². The summed E-state index contributed by atoms with van der Waals surface area (Å²) in [4.78, 5) is 16.7. The maximum Gasteiger partial charge on any atom is 0.266 e. The Morgan fingerprint density at radius 2 is 2.00 bits per heavy atom. The Morgan fingerprint density at radius 1 is 1.32 bits per heavy atom. The zero-order chi connectivity index (χ0) is 16.1. The van der Waals surface area contributed by atoms with Crippen molar-refractivity contribution in [2.45, 2.75) is 13.8 Å². The largest absolute Gasteiger partial charge is 0.371 e. The molecule has 114 valence electrons. The fraction of sp³-hybridized carbons (Fsp3) is 0.294. The van der Waals surface area contributed by atoms with Crippen molar-refractivity contribution in [1.29, 1.82) is 5.26 Å². The van der Waals surface area contributed by atoms with E-state index in [1.165, 1.54) is 0 Å². The summed E-state index contributed by atoms with van der Waals surface area (Å²) in [5, 5.41) is 9.21. The van der Waals surface area contributed by atoms with Gasteiger partial charge in [-0.15, -0.1) is 11.6 Å². The van der Waals surface area contributed by atoms with Crippen molar-refractivity contribution in [3.63, 3.8) is 0 Å². The molecular formula is C17H18ClN3O. The molecule has 0 fully saturated rings. The molecular weight excluding hydrogens is 298 g/mol. The van der Waals surface area contributed by atoms with Crippen molar-refractivity contribution in [3.8, 4) is 17.2 Å². The van der Waals surface area contributed by atoms with Gasteiger partial charge in [-0.2, -0.15) is 5.26 Å². The summed E-state index contributed by atoms with van der Waals surface area (Å²) in [6, 6.07) is 11.7. The van der Waals surface area contributed by atoms with Crippen LogP contribution in [0, 0.1) is 18.3 Å². The molecule has 4 nitrogen and oxygen atoms in total. The molecule has 0 amide bonds. The van der Waals surface area contributed by atoms with E-state index in [0.717, 1.165) is 30.0 Å². The van der Waals surface area contributed by atoms with Gasteiger partial charge in [-0.1, -0.05) is 12.1 Å². The predicted molar refractivity (Wildman–Crippen MR) is 90.6 cm³/mol. The summed E-state index contributed by atoms with van der Waals surface area (Å²) in [5.74, 6) is 0.571. The summed E-state index contributed by atoms with van der Waals surface area (Å²) in [6.07, 6.45) is 0. The molecule has 22 heavy (non-hydrogen) atoms. The quantitative estimate of drug-likeness (QED) is 0.861. The lowest BCUT2D eigenvalue weighted by molar-refractivity contribution is 0.870. The second-order valence-corrected chi connectivity index (χ2v) is 5.38. The average molecular weight is 316 g/mol. The van der Waals surface area contributed by atoms with E-state index in [0.29, 0.717) is 11.4 Å². The standard InChI is InChI=1S/C17H18ClN3O/c1-3-21(9-8-18)14-6-4-13(5-7-14)15-10-12(2)20-17(22)16(15)11-19/h4-7,10H,3,8-9H2,1-2H3,(H,20,22). The van der Waals surface area contributed by atoms with Gasteiger partial charge in [0.25, 0.3) is 5.56 Å². The first-order chi connectivity index (χ1) is 10.6. The molecule has 0 spiro atoms. The predicted octanol–water partition coefficient (Wildman–Crippen LogP) is 3.29. The number of hydrogen-bond acceptors (Lipinski definition) is 3. The zero-order valence-corrected chi connectivity index (χ0v) is 13.4. The lowest BCUT2D eigenvalue weighted by Gasteiger charge is -2.22. The van der Waals surface area contributed by atoms with Crippen LogP contribution in [-0.4, -0.2) is 24.0 Å². The highest BCUT2D eigenvalue weighted by Crippen LogP contribution is 2.25. The molecule has 0 radical (unpaired) electrons. The minimum absolute atomic E-state index is 0.145. The number of aromatic nitrogens is 1. The second-order valence-electron chi connectivity index (χ2n) is 5.00. The van der Waals surface area contributed by atoms with E-state index in [9.17, 15) is 10.1 Å². The molecule has 0 atom stereocenters. The maximum atomic E-state index is 11.9. The van der Waals surface area contributed by atoms with E-state index in [1.807, 2.05) is 36.4 Å². The monoisotopic (exact) mass is 315 g/mol. The van der Waals surface area contributed by atoms with Gasteiger partial charge >= 0.3 is 0 Å². The van der Waals surface area contributed by atoms with Crippen LogP contribution in [0.15, 0.2) is 35.1 Å². The number of pyridine rings is 1. The van der Waals surface area contributed by atoms with Gasteiger partial charge in [-0.05, 0) is 37.6 Å². The number of aromatic amines is 1. The smallest absolute Gasteiger partial charge is 0.266 e. The van der Waals surface area contributed by atoms with Gasteiger partial charge in [0.1, 0.15) is 11.6 Å². The van der Waals surface area contributed by atoms with Crippen molar-refractivity contribution >= 4 is 17.3 Å². The van der Waals surface area contributed by atoms with Crippen molar-refractivity contribution in [2.24, 2.45) is 0 Å². The molecule has 0 aliphatic heterocycles. The summed E-state index contributed by atoms with van der Waals surface area (Å²) in [7, 11) is 0. The molecule has 0 aliphatic carbocycles. The first-order valence-corrected chi connectivity index (χ1v) is 7.69. The number of H-pyrrole nitrogens is 1. The Hall–Kier alpha value is -2.25. The van der Waals surface area contributed by atoms with Crippen molar-refractivity contribution in [3.05, 3.63) is 51.9 Å². The first-order valence-electron chi connectivity index (χ1n) is 7.16. The number of hydrogen-bond donors (Lipinski definition) is 1. The molecule has 1 heterocycles. The number of halogens is 1. The Balaban J connectivity index is 2.44. The molecule has 0 bridgehead atoms. The zero-order valence-electron chi connectivity index (χ0n) is 12.7. The first kappa shape index (κ1) is 16.1. The molecule has 0 saturated carbocycles. The summed E-state index contributed by atoms with van der Waals surface area (Å²) >= 11 is 5.81. The molecule has 1 aromatic heterocycles. The van der Waals surface area contributed by atoms with Gasteiger partial charge in [0.05, 0.1) is 0 Å². The van der Waals surface area contributed by atoms with E-state index in [2.05, 4.69) is 16.8 Å².